The van der Waals surface area contributed by atoms with Crippen molar-refractivity contribution in [1.29, 1.82) is 0 Å². The van der Waals surface area contributed by atoms with E-state index in [0.717, 1.165) is 25.6 Å². The minimum absolute atomic E-state index is 0.0278. The van der Waals surface area contributed by atoms with Gasteiger partial charge in [0.05, 0.1) is 5.52 Å². The zero-order valence-electron chi connectivity index (χ0n) is 12.6. The molecule has 2 heterocycles. The summed E-state index contributed by atoms with van der Waals surface area (Å²) in [6.07, 6.45) is -3.84. The van der Waals surface area contributed by atoms with Gasteiger partial charge in [0.2, 0.25) is 5.82 Å². The Hall–Kier alpha value is -1.96. The molecular formula is C15H16F4N4. The van der Waals surface area contributed by atoms with Gasteiger partial charge in [0.1, 0.15) is 11.6 Å². The van der Waals surface area contributed by atoms with Crippen molar-refractivity contribution in [3.05, 3.63) is 29.8 Å². The highest BCUT2D eigenvalue weighted by molar-refractivity contribution is 5.89. The van der Waals surface area contributed by atoms with Gasteiger partial charge in [0.15, 0.2) is 0 Å². The van der Waals surface area contributed by atoms with E-state index >= 15 is 0 Å². The van der Waals surface area contributed by atoms with Crippen LogP contribution in [0, 0.1) is 5.82 Å². The number of nitrogens with zero attached hydrogens (tertiary/aromatic N) is 4. The van der Waals surface area contributed by atoms with Gasteiger partial charge in [-0.2, -0.15) is 13.2 Å². The number of hydrogen-bond donors (Lipinski definition) is 0. The Morgan fingerprint density at radius 2 is 1.83 bits per heavy atom. The molecule has 0 spiro atoms. The van der Waals surface area contributed by atoms with Crippen LogP contribution in [-0.2, 0) is 6.18 Å². The summed E-state index contributed by atoms with van der Waals surface area (Å²) in [6.45, 7) is 2.77. The van der Waals surface area contributed by atoms with Crippen molar-refractivity contribution in [3.63, 3.8) is 0 Å². The van der Waals surface area contributed by atoms with E-state index in [2.05, 4.69) is 14.9 Å². The number of halogens is 4. The lowest BCUT2D eigenvalue weighted by atomic mass is 10.2. The summed E-state index contributed by atoms with van der Waals surface area (Å²) in [5, 5.41) is 0.434. The second-order valence-electron chi connectivity index (χ2n) is 5.67. The molecule has 8 heteroatoms. The number of rotatable bonds is 1. The molecule has 1 aliphatic heterocycles. The summed E-state index contributed by atoms with van der Waals surface area (Å²) in [4.78, 5) is 11.2. The molecule has 0 bridgehead atoms. The molecular weight excluding hydrogens is 312 g/mol. The molecule has 0 atom stereocenters. The molecule has 0 unspecified atom stereocenters. The first-order valence-electron chi connectivity index (χ1n) is 7.32. The maximum atomic E-state index is 13.4. The second-order valence-corrected chi connectivity index (χ2v) is 5.67. The van der Waals surface area contributed by atoms with E-state index in [-0.39, 0.29) is 11.3 Å². The minimum Gasteiger partial charge on any atom is -0.355 e. The lowest BCUT2D eigenvalue weighted by molar-refractivity contribution is -0.144. The standard InChI is InChI=1S/C15H16F4N4/c1-22-5-2-6-23(8-7-22)13-11-4-3-10(16)9-12(11)20-14(21-13)15(17,18)19/h3-4,9H,2,5-8H2,1H3. The van der Waals surface area contributed by atoms with E-state index in [1.54, 1.807) is 0 Å². The molecule has 23 heavy (non-hydrogen) atoms. The average Bonchev–Trinajstić information content (AvgIpc) is 2.69. The van der Waals surface area contributed by atoms with Crippen molar-refractivity contribution in [2.45, 2.75) is 12.6 Å². The van der Waals surface area contributed by atoms with Crippen molar-refractivity contribution in [3.8, 4) is 0 Å². The molecule has 124 valence electrons. The molecule has 1 saturated heterocycles. The van der Waals surface area contributed by atoms with Gasteiger partial charge >= 0.3 is 6.18 Å². The highest BCUT2D eigenvalue weighted by atomic mass is 19.4. The lowest BCUT2D eigenvalue weighted by Gasteiger charge is -2.24. The van der Waals surface area contributed by atoms with Crippen molar-refractivity contribution >= 4 is 16.7 Å². The van der Waals surface area contributed by atoms with E-state index in [1.165, 1.54) is 12.1 Å². The van der Waals surface area contributed by atoms with Crippen LogP contribution in [0.4, 0.5) is 23.4 Å². The SMILES string of the molecule is CN1CCCN(c2nc(C(F)(F)F)nc3cc(F)ccc23)CC1. The third kappa shape index (κ3) is 3.36. The summed E-state index contributed by atoms with van der Waals surface area (Å²) in [7, 11) is 1.97. The van der Waals surface area contributed by atoms with Gasteiger partial charge in [-0.1, -0.05) is 0 Å². The highest BCUT2D eigenvalue weighted by Crippen LogP contribution is 2.32. The number of fused-ring (bicyclic) bond motifs is 1. The van der Waals surface area contributed by atoms with Gasteiger partial charge in [0.25, 0.3) is 0 Å². The van der Waals surface area contributed by atoms with Crippen molar-refractivity contribution in [2.75, 3.05) is 38.1 Å². The predicted molar refractivity (Wildman–Crippen MR) is 78.8 cm³/mol. The number of benzene rings is 1. The molecule has 2 aromatic rings. The molecule has 1 aliphatic rings. The van der Waals surface area contributed by atoms with E-state index in [9.17, 15) is 17.6 Å². The van der Waals surface area contributed by atoms with Gasteiger partial charge < -0.3 is 9.80 Å². The van der Waals surface area contributed by atoms with Crippen LogP contribution in [0.5, 0.6) is 0 Å². The first-order chi connectivity index (χ1) is 10.8. The number of aromatic nitrogens is 2. The molecule has 0 aliphatic carbocycles. The molecule has 1 aromatic heterocycles. The Morgan fingerprint density at radius 1 is 1.04 bits per heavy atom. The summed E-state index contributed by atoms with van der Waals surface area (Å²) in [5.74, 6) is -1.63. The summed E-state index contributed by atoms with van der Waals surface area (Å²) in [6, 6.07) is 3.67. The van der Waals surface area contributed by atoms with Crippen molar-refractivity contribution in [1.82, 2.24) is 14.9 Å². The van der Waals surface area contributed by atoms with E-state index in [1.807, 2.05) is 11.9 Å². The Morgan fingerprint density at radius 3 is 2.57 bits per heavy atom. The zero-order valence-corrected chi connectivity index (χ0v) is 12.6. The highest BCUT2D eigenvalue weighted by Gasteiger charge is 2.36. The minimum atomic E-state index is -4.67. The van der Waals surface area contributed by atoms with E-state index in [0.29, 0.717) is 18.5 Å². The third-order valence-electron chi connectivity index (χ3n) is 3.91. The average molecular weight is 328 g/mol. The van der Waals surface area contributed by atoms with Crippen LogP contribution in [0.15, 0.2) is 18.2 Å². The van der Waals surface area contributed by atoms with Crippen molar-refractivity contribution in [2.24, 2.45) is 0 Å². The smallest absolute Gasteiger partial charge is 0.355 e. The molecule has 0 radical (unpaired) electrons. The molecule has 3 rings (SSSR count). The van der Waals surface area contributed by atoms with Crippen molar-refractivity contribution < 1.29 is 17.6 Å². The predicted octanol–water partition coefficient (Wildman–Crippen LogP) is 2.93. The number of alkyl halides is 3. The van der Waals surface area contributed by atoms with Gasteiger partial charge in [-0.15, -0.1) is 0 Å². The second kappa shape index (κ2) is 5.92. The van der Waals surface area contributed by atoms with Crippen LogP contribution in [0.2, 0.25) is 0 Å². The molecule has 0 N–H and O–H groups in total. The van der Waals surface area contributed by atoms with Crippen LogP contribution in [-0.4, -0.2) is 48.1 Å². The van der Waals surface area contributed by atoms with Gasteiger partial charge in [-0.25, -0.2) is 14.4 Å². The van der Waals surface area contributed by atoms with Crippen LogP contribution in [0.25, 0.3) is 10.9 Å². The Kier molecular flexibility index (Phi) is 4.09. The molecule has 4 nitrogen and oxygen atoms in total. The van der Waals surface area contributed by atoms with Gasteiger partial charge in [0, 0.05) is 31.1 Å². The fraction of sp³-hybridized carbons (Fsp3) is 0.467. The van der Waals surface area contributed by atoms with E-state index < -0.39 is 17.8 Å². The largest absolute Gasteiger partial charge is 0.451 e. The molecule has 1 aromatic carbocycles. The van der Waals surface area contributed by atoms with Crippen LogP contribution >= 0.6 is 0 Å². The number of anilines is 1. The number of likely N-dealkylation sites (N-methyl/N-ethyl adjacent to an activating group) is 1. The van der Waals surface area contributed by atoms with Crippen LogP contribution in [0.3, 0.4) is 0 Å². The van der Waals surface area contributed by atoms with E-state index in [4.69, 9.17) is 0 Å². The maximum absolute atomic E-state index is 13.4. The monoisotopic (exact) mass is 328 g/mol. The summed E-state index contributed by atoms with van der Waals surface area (Å²) < 4.78 is 52.6. The molecule has 0 saturated carbocycles. The topological polar surface area (TPSA) is 32.3 Å². The Bertz CT molecular complexity index is 716. The van der Waals surface area contributed by atoms with Crippen LogP contribution < -0.4 is 4.90 Å². The third-order valence-corrected chi connectivity index (χ3v) is 3.91. The fourth-order valence-electron chi connectivity index (χ4n) is 2.71. The summed E-state index contributed by atoms with van der Waals surface area (Å²) >= 11 is 0. The zero-order chi connectivity index (χ0) is 16.6. The normalized spacial score (nSPS) is 17.5. The van der Waals surface area contributed by atoms with Gasteiger partial charge in [-0.3, -0.25) is 0 Å². The number of hydrogen-bond acceptors (Lipinski definition) is 4. The molecule has 0 amide bonds. The lowest BCUT2D eigenvalue weighted by Crippen LogP contribution is -2.30. The Labute approximate surface area is 130 Å². The Balaban J connectivity index is 2.13. The fourth-order valence-corrected chi connectivity index (χ4v) is 2.71. The van der Waals surface area contributed by atoms with Crippen LogP contribution in [0.1, 0.15) is 12.2 Å². The summed E-state index contributed by atoms with van der Waals surface area (Å²) in [5.41, 5.74) is -0.0278. The quantitative estimate of drug-likeness (QED) is 0.754. The maximum Gasteiger partial charge on any atom is 0.451 e. The van der Waals surface area contributed by atoms with Gasteiger partial charge in [-0.05, 0) is 32.1 Å². The first-order valence-corrected chi connectivity index (χ1v) is 7.32. The first kappa shape index (κ1) is 15.9. The molecule has 1 fully saturated rings.